The second-order valence-electron chi connectivity index (χ2n) is 6.16. The zero-order valence-electron chi connectivity index (χ0n) is 13.5. The van der Waals surface area contributed by atoms with Gasteiger partial charge in [-0.25, -0.2) is 0 Å². The molecule has 23 heavy (non-hydrogen) atoms. The van der Waals surface area contributed by atoms with Gasteiger partial charge in [-0.2, -0.15) is 0 Å². The fourth-order valence-electron chi connectivity index (χ4n) is 3.34. The quantitative estimate of drug-likeness (QED) is 0.876. The number of nitrogens with one attached hydrogen (secondary N) is 1. The molecule has 0 amide bonds. The zero-order chi connectivity index (χ0) is 16.1. The maximum Gasteiger partial charge on any atom is 0.133 e. The van der Waals surface area contributed by atoms with Crippen molar-refractivity contribution in [3.05, 3.63) is 60.2 Å². The van der Waals surface area contributed by atoms with Crippen LogP contribution in [0.15, 0.2) is 54.6 Å². The summed E-state index contributed by atoms with van der Waals surface area (Å²) in [5.41, 5.74) is 2.29. The molecule has 3 nitrogen and oxygen atoms in total. The van der Waals surface area contributed by atoms with Gasteiger partial charge in [-0.05, 0) is 48.6 Å². The molecule has 0 bridgehead atoms. The summed E-state index contributed by atoms with van der Waals surface area (Å²) in [6.07, 6.45) is 3.49. The lowest BCUT2D eigenvalue weighted by molar-refractivity contribution is -0.121. The van der Waals surface area contributed by atoms with Gasteiger partial charge in [0.1, 0.15) is 11.5 Å². The van der Waals surface area contributed by atoms with Crippen molar-refractivity contribution in [3.8, 4) is 5.75 Å². The van der Waals surface area contributed by atoms with Gasteiger partial charge in [-0.1, -0.05) is 30.3 Å². The summed E-state index contributed by atoms with van der Waals surface area (Å²) in [7, 11) is 1.67. The zero-order valence-corrected chi connectivity index (χ0v) is 13.5. The van der Waals surface area contributed by atoms with Crippen LogP contribution in [0.2, 0.25) is 0 Å². The van der Waals surface area contributed by atoms with Crippen molar-refractivity contribution in [1.29, 1.82) is 0 Å². The highest BCUT2D eigenvalue weighted by Gasteiger charge is 2.28. The number of carbonyl (C=O) groups excluding carboxylic acids is 1. The lowest BCUT2D eigenvalue weighted by Crippen LogP contribution is -2.26. The van der Waals surface area contributed by atoms with Gasteiger partial charge >= 0.3 is 0 Å². The minimum atomic E-state index is 0.161. The Hall–Kier alpha value is -2.29. The molecule has 0 radical (unpaired) electrons. The Balaban J connectivity index is 1.83. The third-order valence-corrected chi connectivity index (χ3v) is 4.56. The number of ketones is 1. The van der Waals surface area contributed by atoms with Crippen LogP contribution in [-0.2, 0) is 4.79 Å². The smallest absolute Gasteiger partial charge is 0.133 e. The molecule has 3 heteroatoms. The van der Waals surface area contributed by atoms with E-state index in [9.17, 15) is 4.79 Å². The molecule has 2 aromatic carbocycles. The summed E-state index contributed by atoms with van der Waals surface area (Å²) in [5, 5.41) is 3.63. The van der Waals surface area contributed by atoms with Crippen LogP contribution in [0.4, 0.5) is 5.69 Å². The Morgan fingerprint density at radius 3 is 2.48 bits per heavy atom. The molecule has 1 saturated carbocycles. The minimum Gasteiger partial charge on any atom is -0.497 e. The van der Waals surface area contributed by atoms with Gasteiger partial charge in [0.05, 0.1) is 13.2 Å². The molecular weight excluding hydrogens is 286 g/mol. The summed E-state index contributed by atoms with van der Waals surface area (Å²) in [6, 6.07) is 18.5. The Labute approximate surface area is 137 Å². The lowest BCUT2D eigenvalue weighted by atomic mass is 9.80. The monoisotopic (exact) mass is 309 g/mol. The molecule has 0 heterocycles. The van der Waals surface area contributed by atoms with E-state index >= 15 is 0 Å². The third kappa shape index (κ3) is 3.92. The number of hydrogen-bond acceptors (Lipinski definition) is 3. The Kier molecular flexibility index (Phi) is 4.96. The van der Waals surface area contributed by atoms with Gasteiger partial charge in [0.15, 0.2) is 0 Å². The van der Waals surface area contributed by atoms with E-state index in [-0.39, 0.29) is 6.04 Å². The lowest BCUT2D eigenvalue weighted by Gasteiger charge is -2.31. The van der Waals surface area contributed by atoms with E-state index < -0.39 is 0 Å². The van der Waals surface area contributed by atoms with E-state index in [1.165, 1.54) is 5.56 Å². The molecule has 1 aliphatic rings. The number of anilines is 1. The number of hydrogen-bond donors (Lipinski definition) is 1. The van der Waals surface area contributed by atoms with Gasteiger partial charge in [0.2, 0.25) is 0 Å². The molecule has 1 aliphatic carbocycles. The summed E-state index contributed by atoms with van der Waals surface area (Å²) < 4.78 is 5.22. The average molecular weight is 309 g/mol. The Morgan fingerprint density at radius 2 is 1.83 bits per heavy atom. The SMILES string of the molecule is COc1ccc(N[C@@H](c2ccccc2)C2CCCC(=O)C2)cc1. The fourth-order valence-corrected chi connectivity index (χ4v) is 3.34. The number of Topliss-reactive ketones (excluding diaryl/α,β-unsaturated/α-hetero) is 1. The van der Waals surface area contributed by atoms with Crippen molar-refractivity contribution < 1.29 is 9.53 Å². The number of carbonyl (C=O) groups is 1. The van der Waals surface area contributed by atoms with Gasteiger partial charge in [0.25, 0.3) is 0 Å². The topological polar surface area (TPSA) is 38.3 Å². The maximum absolute atomic E-state index is 11.9. The van der Waals surface area contributed by atoms with E-state index in [0.29, 0.717) is 18.1 Å². The normalized spacial score (nSPS) is 19.2. The van der Waals surface area contributed by atoms with E-state index in [0.717, 1.165) is 30.7 Å². The summed E-state index contributed by atoms with van der Waals surface area (Å²) in [6.45, 7) is 0. The highest BCUT2D eigenvalue weighted by molar-refractivity contribution is 5.79. The molecule has 3 rings (SSSR count). The molecule has 0 saturated heterocycles. The highest BCUT2D eigenvalue weighted by Crippen LogP contribution is 2.35. The van der Waals surface area contributed by atoms with Gasteiger partial charge < -0.3 is 10.1 Å². The van der Waals surface area contributed by atoms with Crippen LogP contribution in [0.1, 0.15) is 37.3 Å². The first-order valence-electron chi connectivity index (χ1n) is 8.23. The maximum atomic E-state index is 11.9. The van der Waals surface area contributed by atoms with E-state index in [2.05, 4.69) is 29.6 Å². The first kappa shape index (κ1) is 15.6. The predicted molar refractivity (Wildman–Crippen MR) is 92.8 cm³/mol. The molecule has 0 spiro atoms. The third-order valence-electron chi connectivity index (χ3n) is 4.56. The standard InChI is InChI=1S/C20H23NO2/c1-23-19-12-10-17(11-13-19)21-20(15-6-3-2-4-7-15)16-8-5-9-18(22)14-16/h2-4,6-7,10-13,16,20-21H,5,8-9,14H2,1H3/t16?,20-/m0/s1. The Morgan fingerprint density at radius 1 is 1.09 bits per heavy atom. The van der Waals surface area contributed by atoms with Crippen molar-refractivity contribution in [2.75, 3.05) is 12.4 Å². The molecule has 1 fully saturated rings. The van der Waals surface area contributed by atoms with E-state index in [1.807, 2.05) is 30.3 Å². The van der Waals surface area contributed by atoms with E-state index in [1.54, 1.807) is 7.11 Å². The molecule has 2 atom stereocenters. The van der Waals surface area contributed by atoms with Gasteiger partial charge in [0, 0.05) is 18.5 Å². The van der Waals surface area contributed by atoms with Crippen molar-refractivity contribution in [2.24, 2.45) is 5.92 Å². The van der Waals surface area contributed by atoms with E-state index in [4.69, 9.17) is 4.74 Å². The first-order valence-corrected chi connectivity index (χ1v) is 8.23. The molecule has 0 aliphatic heterocycles. The fraction of sp³-hybridized carbons (Fsp3) is 0.350. The van der Waals surface area contributed by atoms with Crippen molar-refractivity contribution >= 4 is 11.5 Å². The van der Waals surface area contributed by atoms with Crippen LogP contribution in [0.25, 0.3) is 0 Å². The van der Waals surface area contributed by atoms with Gasteiger partial charge in [-0.15, -0.1) is 0 Å². The number of rotatable bonds is 5. The molecular formula is C20H23NO2. The average Bonchev–Trinajstić information content (AvgIpc) is 2.61. The van der Waals surface area contributed by atoms with Crippen LogP contribution in [0.5, 0.6) is 5.75 Å². The number of benzene rings is 2. The molecule has 1 N–H and O–H groups in total. The van der Waals surface area contributed by atoms with Crippen molar-refractivity contribution in [3.63, 3.8) is 0 Å². The second-order valence-corrected chi connectivity index (χ2v) is 6.16. The molecule has 1 unspecified atom stereocenters. The number of methoxy groups -OCH3 is 1. The first-order chi connectivity index (χ1) is 11.3. The Bertz CT molecular complexity index is 636. The molecule has 0 aromatic heterocycles. The molecule has 2 aromatic rings. The highest BCUT2D eigenvalue weighted by atomic mass is 16.5. The molecule has 120 valence electrons. The number of ether oxygens (including phenoxy) is 1. The summed E-state index contributed by atoms with van der Waals surface area (Å²) in [4.78, 5) is 11.9. The van der Waals surface area contributed by atoms with Crippen molar-refractivity contribution in [1.82, 2.24) is 0 Å². The van der Waals surface area contributed by atoms with Crippen LogP contribution < -0.4 is 10.1 Å². The summed E-state index contributed by atoms with van der Waals surface area (Å²) >= 11 is 0. The summed E-state index contributed by atoms with van der Waals surface area (Å²) in [5.74, 6) is 1.58. The predicted octanol–water partition coefficient (Wildman–Crippen LogP) is 4.61. The minimum absolute atomic E-state index is 0.161. The largest absolute Gasteiger partial charge is 0.497 e. The van der Waals surface area contributed by atoms with Crippen LogP contribution in [0, 0.1) is 5.92 Å². The van der Waals surface area contributed by atoms with Crippen LogP contribution >= 0.6 is 0 Å². The van der Waals surface area contributed by atoms with Crippen LogP contribution in [-0.4, -0.2) is 12.9 Å². The van der Waals surface area contributed by atoms with Crippen molar-refractivity contribution in [2.45, 2.75) is 31.7 Å². The second kappa shape index (κ2) is 7.32. The van der Waals surface area contributed by atoms with Gasteiger partial charge in [-0.3, -0.25) is 4.79 Å². The van der Waals surface area contributed by atoms with Crippen LogP contribution in [0.3, 0.4) is 0 Å².